The zero-order chi connectivity index (χ0) is 20.8. The van der Waals surface area contributed by atoms with Crippen LogP contribution in [0.5, 0.6) is 0 Å². The van der Waals surface area contributed by atoms with Crippen LogP contribution in [0.15, 0.2) is 48.5 Å². The van der Waals surface area contributed by atoms with Crippen LogP contribution in [-0.2, 0) is 21.2 Å². The SMILES string of the molecule is CC(C)c1ccc(N2C(=O)CN(Cc3ccc(F)cc3)[C@@H]3CS(=O)(=O)C[C@H]32)cc1. The van der Waals surface area contributed by atoms with E-state index in [0.717, 1.165) is 11.3 Å². The molecule has 0 aromatic heterocycles. The summed E-state index contributed by atoms with van der Waals surface area (Å²) < 4.78 is 38.1. The number of hydrogen-bond donors (Lipinski definition) is 0. The Kier molecular flexibility index (Phi) is 5.21. The number of halogens is 1. The van der Waals surface area contributed by atoms with E-state index in [2.05, 4.69) is 13.8 Å². The van der Waals surface area contributed by atoms with Crippen LogP contribution in [0.25, 0.3) is 0 Å². The molecule has 0 spiro atoms. The summed E-state index contributed by atoms with van der Waals surface area (Å²) in [5.41, 5.74) is 2.77. The Balaban J connectivity index is 1.63. The molecule has 4 rings (SSSR count). The van der Waals surface area contributed by atoms with Crippen LogP contribution >= 0.6 is 0 Å². The van der Waals surface area contributed by atoms with E-state index in [9.17, 15) is 17.6 Å². The summed E-state index contributed by atoms with van der Waals surface area (Å²) in [5.74, 6) is -0.0439. The van der Waals surface area contributed by atoms with E-state index in [4.69, 9.17) is 0 Å². The highest BCUT2D eigenvalue weighted by atomic mass is 32.2. The second kappa shape index (κ2) is 7.54. The molecule has 1 amide bonds. The molecule has 7 heteroatoms. The van der Waals surface area contributed by atoms with Crippen molar-refractivity contribution in [1.29, 1.82) is 0 Å². The summed E-state index contributed by atoms with van der Waals surface area (Å²) in [6.07, 6.45) is 0. The molecular weight excluding hydrogens is 391 g/mol. The number of anilines is 1. The molecule has 2 aromatic rings. The maximum atomic E-state index is 13.2. The standard InChI is InChI=1S/C22H25FN2O3S/c1-15(2)17-5-9-19(10-6-17)25-21-14-29(27,28)13-20(21)24(12-22(25)26)11-16-3-7-18(23)8-4-16/h3-10,15,20-21H,11-14H2,1-2H3/t20-,21-/m1/s1. The zero-order valence-electron chi connectivity index (χ0n) is 16.6. The van der Waals surface area contributed by atoms with Gasteiger partial charge in [0, 0.05) is 18.3 Å². The topological polar surface area (TPSA) is 57.7 Å². The van der Waals surface area contributed by atoms with Crippen molar-refractivity contribution in [3.63, 3.8) is 0 Å². The molecule has 0 aliphatic carbocycles. The highest BCUT2D eigenvalue weighted by molar-refractivity contribution is 7.91. The third-order valence-electron chi connectivity index (χ3n) is 5.84. The van der Waals surface area contributed by atoms with Gasteiger partial charge in [0.1, 0.15) is 5.82 Å². The van der Waals surface area contributed by atoms with Crippen LogP contribution in [0.1, 0.15) is 30.9 Å². The number of benzene rings is 2. The predicted octanol–water partition coefficient (Wildman–Crippen LogP) is 2.96. The third-order valence-corrected chi connectivity index (χ3v) is 7.54. The first-order chi connectivity index (χ1) is 13.7. The maximum Gasteiger partial charge on any atom is 0.241 e. The van der Waals surface area contributed by atoms with Crippen LogP contribution in [0.4, 0.5) is 10.1 Å². The molecule has 0 unspecified atom stereocenters. The lowest BCUT2D eigenvalue weighted by Gasteiger charge is -2.43. The van der Waals surface area contributed by atoms with Gasteiger partial charge in [0.15, 0.2) is 9.84 Å². The molecule has 5 nitrogen and oxygen atoms in total. The predicted molar refractivity (Wildman–Crippen MR) is 111 cm³/mol. The van der Waals surface area contributed by atoms with Crippen molar-refractivity contribution in [2.24, 2.45) is 0 Å². The highest BCUT2D eigenvalue weighted by Crippen LogP contribution is 2.33. The molecule has 0 N–H and O–H groups in total. The number of piperazine rings is 1. The molecule has 2 atom stereocenters. The molecule has 2 aromatic carbocycles. The van der Waals surface area contributed by atoms with Gasteiger partial charge in [0.2, 0.25) is 5.91 Å². The first-order valence-electron chi connectivity index (χ1n) is 9.84. The van der Waals surface area contributed by atoms with Crippen molar-refractivity contribution < 1.29 is 17.6 Å². The van der Waals surface area contributed by atoms with Crippen LogP contribution in [-0.4, -0.2) is 49.4 Å². The van der Waals surface area contributed by atoms with Crippen LogP contribution < -0.4 is 4.90 Å². The molecule has 0 bridgehead atoms. The largest absolute Gasteiger partial charge is 0.306 e. The Morgan fingerprint density at radius 1 is 1.00 bits per heavy atom. The number of sulfone groups is 1. The number of amides is 1. The molecule has 154 valence electrons. The van der Waals surface area contributed by atoms with Gasteiger partial charge in [-0.25, -0.2) is 12.8 Å². The van der Waals surface area contributed by atoms with E-state index in [-0.39, 0.29) is 35.8 Å². The van der Waals surface area contributed by atoms with E-state index in [1.807, 2.05) is 29.2 Å². The van der Waals surface area contributed by atoms with Gasteiger partial charge in [-0.3, -0.25) is 9.69 Å². The van der Waals surface area contributed by atoms with Crippen molar-refractivity contribution in [3.05, 3.63) is 65.5 Å². The van der Waals surface area contributed by atoms with Gasteiger partial charge in [-0.2, -0.15) is 0 Å². The van der Waals surface area contributed by atoms with Crippen molar-refractivity contribution in [2.75, 3.05) is 23.0 Å². The van der Waals surface area contributed by atoms with Gasteiger partial charge in [-0.1, -0.05) is 38.1 Å². The minimum atomic E-state index is -3.24. The van der Waals surface area contributed by atoms with E-state index in [1.54, 1.807) is 17.0 Å². The molecule has 0 saturated carbocycles. The monoisotopic (exact) mass is 416 g/mol. The van der Waals surface area contributed by atoms with Gasteiger partial charge in [-0.15, -0.1) is 0 Å². The van der Waals surface area contributed by atoms with E-state index >= 15 is 0 Å². The van der Waals surface area contributed by atoms with Gasteiger partial charge < -0.3 is 4.90 Å². The summed E-state index contributed by atoms with van der Waals surface area (Å²) in [6, 6.07) is 13.2. The fraction of sp³-hybridized carbons (Fsp3) is 0.409. The molecule has 0 radical (unpaired) electrons. The summed E-state index contributed by atoms with van der Waals surface area (Å²) in [4.78, 5) is 16.6. The second-order valence-corrected chi connectivity index (χ2v) is 10.4. The first-order valence-corrected chi connectivity index (χ1v) is 11.7. The number of fused-ring (bicyclic) bond motifs is 1. The second-order valence-electron chi connectivity index (χ2n) is 8.25. The van der Waals surface area contributed by atoms with E-state index in [1.165, 1.54) is 17.7 Å². The number of carbonyl (C=O) groups excluding carboxylic acids is 1. The third kappa shape index (κ3) is 4.07. The van der Waals surface area contributed by atoms with Crippen molar-refractivity contribution in [2.45, 2.75) is 38.4 Å². The summed E-state index contributed by atoms with van der Waals surface area (Å²) >= 11 is 0. The van der Waals surface area contributed by atoms with Gasteiger partial charge in [0.05, 0.1) is 24.1 Å². The van der Waals surface area contributed by atoms with Crippen LogP contribution in [0, 0.1) is 5.82 Å². The Morgan fingerprint density at radius 3 is 2.24 bits per heavy atom. The average Bonchev–Trinajstić information content (AvgIpc) is 2.99. The maximum absolute atomic E-state index is 13.2. The molecule has 2 saturated heterocycles. The quantitative estimate of drug-likeness (QED) is 0.769. The lowest BCUT2D eigenvalue weighted by Crippen LogP contribution is -2.61. The molecule has 2 heterocycles. The number of hydrogen-bond acceptors (Lipinski definition) is 4. The highest BCUT2D eigenvalue weighted by Gasteiger charge is 2.49. The Labute approximate surface area is 171 Å². The lowest BCUT2D eigenvalue weighted by atomic mass is 10.00. The summed E-state index contributed by atoms with van der Waals surface area (Å²) in [6.45, 7) is 4.77. The van der Waals surface area contributed by atoms with Gasteiger partial charge >= 0.3 is 0 Å². The van der Waals surface area contributed by atoms with Crippen LogP contribution in [0.3, 0.4) is 0 Å². The smallest absolute Gasteiger partial charge is 0.241 e. The summed E-state index contributed by atoms with van der Waals surface area (Å²) in [7, 11) is -3.24. The Morgan fingerprint density at radius 2 is 1.62 bits per heavy atom. The van der Waals surface area contributed by atoms with E-state index in [0.29, 0.717) is 12.5 Å². The summed E-state index contributed by atoms with van der Waals surface area (Å²) in [5, 5.41) is 0. The molecule has 2 aliphatic heterocycles. The molecular formula is C22H25FN2O3S. The van der Waals surface area contributed by atoms with Gasteiger partial charge in [0.25, 0.3) is 0 Å². The molecule has 2 aliphatic rings. The van der Waals surface area contributed by atoms with Gasteiger partial charge in [-0.05, 0) is 41.3 Å². The normalized spacial score (nSPS) is 24.1. The number of rotatable bonds is 4. The Hall–Kier alpha value is -2.25. The van der Waals surface area contributed by atoms with Crippen molar-refractivity contribution in [1.82, 2.24) is 4.90 Å². The number of nitrogens with zero attached hydrogens (tertiary/aromatic N) is 2. The van der Waals surface area contributed by atoms with Crippen LogP contribution in [0.2, 0.25) is 0 Å². The van der Waals surface area contributed by atoms with Crippen molar-refractivity contribution in [3.8, 4) is 0 Å². The van der Waals surface area contributed by atoms with Crippen molar-refractivity contribution >= 4 is 21.4 Å². The molecule has 2 fully saturated rings. The number of carbonyl (C=O) groups is 1. The minimum absolute atomic E-state index is 0.0325. The first kappa shape index (κ1) is 20.0. The fourth-order valence-electron chi connectivity index (χ4n) is 4.31. The Bertz CT molecular complexity index is 1000. The van der Waals surface area contributed by atoms with E-state index < -0.39 is 15.9 Å². The zero-order valence-corrected chi connectivity index (χ0v) is 17.4. The molecule has 29 heavy (non-hydrogen) atoms. The average molecular weight is 417 g/mol. The minimum Gasteiger partial charge on any atom is -0.306 e. The lowest BCUT2D eigenvalue weighted by molar-refractivity contribution is -0.123. The fourth-order valence-corrected chi connectivity index (χ4v) is 6.29.